The molecule has 2 heterocycles. The first-order chi connectivity index (χ1) is 13.8. The third kappa shape index (κ3) is 3.70. The van der Waals surface area contributed by atoms with E-state index in [2.05, 4.69) is 31.4 Å². The molecule has 29 heavy (non-hydrogen) atoms. The largest absolute Gasteiger partial charge is 0.493 e. The van der Waals surface area contributed by atoms with E-state index < -0.39 is 0 Å². The molecular formula is C23H30N2O3S. The lowest BCUT2D eigenvalue weighted by atomic mass is 9.72. The number of hydrogen-bond donors (Lipinski definition) is 2. The SMILES string of the molecule is CCOc1ccc([C@H]2NC(=O)c3c(sc4c3CC[C@H](C(C)(C)C)C4)N2)cc1OC. The lowest BCUT2D eigenvalue weighted by Gasteiger charge is -2.34. The first-order valence-corrected chi connectivity index (χ1v) is 11.2. The standard InChI is InChI=1S/C23H30N2O3S/c1-6-28-16-10-7-13(11-17(16)27-5)20-24-21(26)19-15-9-8-14(23(2,3)4)12-18(15)29-22(19)25-20/h7,10-11,14,20,25H,6,8-9,12H2,1-5H3,(H,24,26)/t14-,20-/m0/s1. The van der Waals surface area contributed by atoms with Crippen molar-refractivity contribution >= 4 is 22.2 Å². The van der Waals surface area contributed by atoms with Gasteiger partial charge < -0.3 is 20.1 Å². The molecule has 0 saturated heterocycles. The number of hydrogen-bond acceptors (Lipinski definition) is 5. The molecule has 2 aliphatic rings. The molecule has 1 aliphatic carbocycles. The summed E-state index contributed by atoms with van der Waals surface area (Å²) in [5.41, 5.74) is 3.34. The number of carbonyl (C=O) groups excluding carboxylic acids is 1. The molecule has 1 aliphatic heterocycles. The molecule has 2 N–H and O–H groups in total. The zero-order valence-corrected chi connectivity index (χ0v) is 18.7. The van der Waals surface area contributed by atoms with Crippen molar-refractivity contribution in [2.75, 3.05) is 19.0 Å². The van der Waals surface area contributed by atoms with E-state index in [1.165, 1.54) is 10.4 Å². The molecule has 6 heteroatoms. The minimum Gasteiger partial charge on any atom is -0.493 e. The Morgan fingerprint density at radius 3 is 2.69 bits per heavy atom. The van der Waals surface area contributed by atoms with Crippen LogP contribution in [-0.4, -0.2) is 19.6 Å². The van der Waals surface area contributed by atoms with Crippen LogP contribution in [0.5, 0.6) is 11.5 Å². The molecule has 0 fully saturated rings. The third-order valence-electron chi connectivity index (χ3n) is 6.09. The smallest absolute Gasteiger partial charge is 0.256 e. The van der Waals surface area contributed by atoms with E-state index in [1.807, 2.05) is 25.1 Å². The lowest BCUT2D eigenvalue weighted by molar-refractivity contribution is 0.0934. The molecule has 0 radical (unpaired) electrons. The zero-order valence-electron chi connectivity index (χ0n) is 17.8. The first kappa shape index (κ1) is 20.1. The first-order valence-electron chi connectivity index (χ1n) is 10.3. The topological polar surface area (TPSA) is 59.6 Å². The second-order valence-corrected chi connectivity index (χ2v) is 10.0. The highest BCUT2D eigenvalue weighted by Gasteiger charge is 2.36. The number of carbonyl (C=O) groups is 1. The molecule has 4 rings (SSSR count). The van der Waals surface area contributed by atoms with Crippen molar-refractivity contribution in [1.29, 1.82) is 0 Å². The number of benzene rings is 1. The van der Waals surface area contributed by atoms with Gasteiger partial charge in [0.25, 0.3) is 5.91 Å². The number of rotatable bonds is 4. The molecule has 0 spiro atoms. The molecule has 2 aromatic rings. The van der Waals surface area contributed by atoms with Crippen molar-refractivity contribution in [1.82, 2.24) is 5.32 Å². The maximum Gasteiger partial charge on any atom is 0.256 e. The number of anilines is 1. The van der Waals surface area contributed by atoms with Gasteiger partial charge in [-0.2, -0.15) is 0 Å². The Labute approximate surface area is 176 Å². The number of methoxy groups -OCH3 is 1. The summed E-state index contributed by atoms with van der Waals surface area (Å²) in [5.74, 6) is 2.05. The fourth-order valence-corrected chi connectivity index (χ4v) is 5.70. The van der Waals surface area contributed by atoms with Gasteiger partial charge in [0.2, 0.25) is 0 Å². The van der Waals surface area contributed by atoms with Crippen LogP contribution in [-0.2, 0) is 12.8 Å². The zero-order chi connectivity index (χ0) is 20.8. The van der Waals surface area contributed by atoms with Gasteiger partial charge in [0.15, 0.2) is 11.5 Å². The van der Waals surface area contributed by atoms with Crippen LogP contribution in [0.1, 0.15) is 66.6 Å². The highest BCUT2D eigenvalue weighted by molar-refractivity contribution is 7.16. The second-order valence-electron chi connectivity index (χ2n) is 8.91. The molecular weight excluding hydrogens is 384 g/mol. The number of nitrogens with one attached hydrogen (secondary N) is 2. The quantitative estimate of drug-likeness (QED) is 0.725. The molecule has 0 unspecified atom stereocenters. The van der Waals surface area contributed by atoms with E-state index in [-0.39, 0.29) is 12.1 Å². The van der Waals surface area contributed by atoms with E-state index in [1.54, 1.807) is 18.4 Å². The Bertz CT molecular complexity index is 929. The van der Waals surface area contributed by atoms with Crippen LogP contribution >= 0.6 is 11.3 Å². The Hall–Kier alpha value is -2.21. The molecule has 156 valence electrons. The van der Waals surface area contributed by atoms with Gasteiger partial charge in [0.1, 0.15) is 11.2 Å². The summed E-state index contributed by atoms with van der Waals surface area (Å²) in [5, 5.41) is 7.67. The Balaban J connectivity index is 1.62. The van der Waals surface area contributed by atoms with Gasteiger partial charge in [-0.3, -0.25) is 4.79 Å². The number of amides is 1. The van der Waals surface area contributed by atoms with Gasteiger partial charge in [0.05, 0.1) is 19.3 Å². The minimum absolute atomic E-state index is 0.0170. The summed E-state index contributed by atoms with van der Waals surface area (Å²) >= 11 is 1.75. The van der Waals surface area contributed by atoms with E-state index in [0.29, 0.717) is 29.4 Å². The second kappa shape index (κ2) is 7.56. The average Bonchev–Trinajstić information content (AvgIpc) is 3.06. The maximum absolute atomic E-state index is 13.0. The van der Waals surface area contributed by atoms with Crippen molar-refractivity contribution in [3.05, 3.63) is 39.8 Å². The third-order valence-corrected chi connectivity index (χ3v) is 7.27. The van der Waals surface area contributed by atoms with Gasteiger partial charge in [0, 0.05) is 4.88 Å². The molecule has 1 aromatic carbocycles. The Morgan fingerprint density at radius 1 is 1.21 bits per heavy atom. The van der Waals surface area contributed by atoms with Crippen LogP contribution in [0.4, 0.5) is 5.00 Å². The van der Waals surface area contributed by atoms with Gasteiger partial charge in [-0.25, -0.2) is 0 Å². The average molecular weight is 415 g/mol. The normalized spacial score (nSPS) is 20.9. The van der Waals surface area contributed by atoms with Crippen LogP contribution in [0.25, 0.3) is 0 Å². The Morgan fingerprint density at radius 2 is 2.00 bits per heavy atom. The maximum atomic E-state index is 13.0. The molecule has 1 amide bonds. The summed E-state index contributed by atoms with van der Waals surface area (Å²) < 4.78 is 11.1. The van der Waals surface area contributed by atoms with Crippen molar-refractivity contribution in [2.45, 2.75) is 53.1 Å². The fraction of sp³-hybridized carbons (Fsp3) is 0.522. The summed E-state index contributed by atoms with van der Waals surface area (Å²) in [6, 6.07) is 5.80. The fourth-order valence-electron chi connectivity index (χ4n) is 4.34. The van der Waals surface area contributed by atoms with E-state index in [9.17, 15) is 4.79 Å². The summed E-state index contributed by atoms with van der Waals surface area (Å²) in [6.07, 6.45) is 2.91. The van der Waals surface area contributed by atoms with E-state index in [0.717, 1.165) is 35.4 Å². The monoisotopic (exact) mass is 414 g/mol. The highest BCUT2D eigenvalue weighted by atomic mass is 32.1. The summed E-state index contributed by atoms with van der Waals surface area (Å²) in [6.45, 7) is 9.47. The van der Waals surface area contributed by atoms with Crippen LogP contribution in [0.15, 0.2) is 18.2 Å². The molecule has 5 nitrogen and oxygen atoms in total. The number of ether oxygens (including phenoxy) is 2. The molecule has 0 bridgehead atoms. The molecule has 2 atom stereocenters. The van der Waals surface area contributed by atoms with Crippen LogP contribution in [0.3, 0.4) is 0 Å². The summed E-state index contributed by atoms with van der Waals surface area (Å²) in [7, 11) is 1.63. The van der Waals surface area contributed by atoms with Crippen LogP contribution < -0.4 is 20.1 Å². The predicted octanol–water partition coefficient (Wildman–Crippen LogP) is 5.16. The number of thiophene rings is 1. The van der Waals surface area contributed by atoms with Crippen molar-refractivity contribution in [2.24, 2.45) is 11.3 Å². The molecule has 0 saturated carbocycles. The molecule has 1 aromatic heterocycles. The van der Waals surface area contributed by atoms with Crippen molar-refractivity contribution in [3.63, 3.8) is 0 Å². The van der Waals surface area contributed by atoms with Gasteiger partial charge in [-0.1, -0.05) is 26.8 Å². The van der Waals surface area contributed by atoms with E-state index >= 15 is 0 Å². The lowest BCUT2D eigenvalue weighted by Crippen LogP contribution is -2.38. The predicted molar refractivity (Wildman–Crippen MR) is 117 cm³/mol. The van der Waals surface area contributed by atoms with Crippen molar-refractivity contribution in [3.8, 4) is 11.5 Å². The number of fused-ring (bicyclic) bond motifs is 3. The Kier molecular flexibility index (Phi) is 5.23. The van der Waals surface area contributed by atoms with Gasteiger partial charge in [-0.05, 0) is 60.8 Å². The highest BCUT2D eigenvalue weighted by Crippen LogP contribution is 2.46. The van der Waals surface area contributed by atoms with E-state index in [4.69, 9.17) is 9.47 Å². The minimum atomic E-state index is -0.280. The summed E-state index contributed by atoms with van der Waals surface area (Å²) in [4.78, 5) is 14.4. The van der Waals surface area contributed by atoms with Crippen LogP contribution in [0.2, 0.25) is 0 Å². The van der Waals surface area contributed by atoms with Crippen LogP contribution in [0, 0.1) is 11.3 Å². The van der Waals surface area contributed by atoms with Gasteiger partial charge in [-0.15, -0.1) is 11.3 Å². The van der Waals surface area contributed by atoms with Gasteiger partial charge >= 0.3 is 0 Å². The van der Waals surface area contributed by atoms with Crippen molar-refractivity contribution < 1.29 is 14.3 Å².